The lowest BCUT2D eigenvalue weighted by Gasteiger charge is -1.86. The summed E-state index contributed by atoms with van der Waals surface area (Å²) in [5.41, 5.74) is 1.32. The number of rotatable bonds is 5. The molecule has 0 aliphatic heterocycles. The Hall–Kier alpha value is -0.240. The zero-order valence-electron chi connectivity index (χ0n) is 14.5. The van der Waals surface area contributed by atoms with E-state index in [2.05, 4.69) is 32.9 Å². The Labute approximate surface area is 143 Å². The van der Waals surface area contributed by atoms with E-state index in [1.54, 1.807) is 0 Å². The number of hydrogen-bond acceptors (Lipinski definition) is 1. The van der Waals surface area contributed by atoms with Crippen LogP contribution in [-0.2, 0) is 4.74 Å². The van der Waals surface area contributed by atoms with Crippen molar-refractivity contribution in [1.29, 1.82) is 0 Å². The molecule has 1 nitrogen and oxygen atoms in total. The van der Waals surface area contributed by atoms with Crippen molar-refractivity contribution in [2.75, 3.05) is 18.6 Å². The summed E-state index contributed by atoms with van der Waals surface area (Å²) in [6.07, 6.45) is 5.54. The van der Waals surface area contributed by atoms with E-state index in [4.69, 9.17) is 27.9 Å². The highest BCUT2D eigenvalue weighted by molar-refractivity contribution is 6.40. The molecule has 1 aromatic rings. The third-order valence-electron chi connectivity index (χ3n) is 2.31. The number of benzene rings is 1. The summed E-state index contributed by atoms with van der Waals surface area (Å²) in [7, 11) is 0. The SMILES string of the molecule is CCCCCC.CCOCC.Cc1ccccc1.ClCCl. The van der Waals surface area contributed by atoms with Gasteiger partial charge >= 0.3 is 0 Å². The van der Waals surface area contributed by atoms with Gasteiger partial charge in [-0.15, -0.1) is 23.2 Å². The van der Waals surface area contributed by atoms with Crippen LogP contribution in [-0.4, -0.2) is 18.6 Å². The van der Waals surface area contributed by atoms with E-state index >= 15 is 0 Å². The van der Waals surface area contributed by atoms with E-state index in [0.29, 0.717) is 0 Å². The Kier molecular flexibility index (Phi) is 34.3. The lowest BCUT2D eigenvalue weighted by atomic mass is 10.2. The highest BCUT2D eigenvalue weighted by Crippen LogP contribution is 1.95. The topological polar surface area (TPSA) is 9.23 Å². The predicted molar refractivity (Wildman–Crippen MR) is 99.7 cm³/mol. The van der Waals surface area contributed by atoms with Gasteiger partial charge in [0.1, 0.15) is 0 Å². The summed E-state index contributed by atoms with van der Waals surface area (Å²) in [6.45, 7) is 12.2. The van der Waals surface area contributed by atoms with Gasteiger partial charge in [0.05, 0.1) is 5.34 Å². The second-order valence-electron chi connectivity index (χ2n) is 4.24. The number of hydrogen-bond donors (Lipinski definition) is 0. The molecule has 0 aromatic heterocycles. The monoisotopic (exact) mass is 336 g/mol. The molecular formula is C18H34Cl2O. The fourth-order valence-electron chi connectivity index (χ4n) is 1.24. The molecule has 0 unspecified atom stereocenters. The molecule has 1 aromatic carbocycles. The molecular weight excluding hydrogens is 303 g/mol. The molecule has 0 amide bonds. The molecule has 21 heavy (non-hydrogen) atoms. The van der Waals surface area contributed by atoms with Gasteiger partial charge < -0.3 is 4.74 Å². The van der Waals surface area contributed by atoms with E-state index in [-0.39, 0.29) is 5.34 Å². The van der Waals surface area contributed by atoms with Gasteiger partial charge in [-0.2, -0.15) is 0 Å². The molecule has 0 N–H and O–H groups in total. The standard InChI is InChI=1S/C7H8.C6H14.C4H10O.CH2Cl2/c1-7-5-3-2-4-6-7;1-3-5-6-4-2;1-3-5-4-2;2-1-3/h2-6H,1H3;3-6H2,1-2H3;3-4H2,1-2H3;1H2. The minimum Gasteiger partial charge on any atom is -0.382 e. The molecule has 0 aliphatic carbocycles. The van der Waals surface area contributed by atoms with Crippen molar-refractivity contribution in [3.05, 3.63) is 35.9 Å². The van der Waals surface area contributed by atoms with Gasteiger partial charge in [0.25, 0.3) is 0 Å². The van der Waals surface area contributed by atoms with Crippen LogP contribution < -0.4 is 0 Å². The Bertz CT molecular complexity index is 234. The minimum absolute atomic E-state index is 0.194. The summed E-state index contributed by atoms with van der Waals surface area (Å²) >= 11 is 9.53. The van der Waals surface area contributed by atoms with E-state index in [1.807, 2.05) is 32.0 Å². The summed E-state index contributed by atoms with van der Waals surface area (Å²) in [5.74, 6) is 0. The predicted octanol–water partition coefficient (Wildman–Crippen LogP) is 7.05. The van der Waals surface area contributed by atoms with Crippen LogP contribution in [0.5, 0.6) is 0 Å². The maximum atomic E-state index is 4.83. The number of unbranched alkanes of at least 4 members (excludes halogenated alkanes) is 3. The zero-order valence-corrected chi connectivity index (χ0v) is 16.0. The summed E-state index contributed by atoms with van der Waals surface area (Å²) in [4.78, 5) is 0. The number of alkyl halides is 2. The molecule has 0 aliphatic rings. The van der Waals surface area contributed by atoms with Crippen molar-refractivity contribution < 1.29 is 4.74 Å². The highest BCUT2D eigenvalue weighted by atomic mass is 35.5. The quantitative estimate of drug-likeness (QED) is 0.413. The van der Waals surface area contributed by atoms with Crippen molar-refractivity contribution in [2.45, 2.75) is 60.3 Å². The Morgan fingerprint density at radius 3 is 1.33 bits per heavy atom. The van der Waals surface area contributed by atoms with E-state index in [0.717, 1.165) is 13.2 Å². The summed E-state index contributed by atoms with van der Waals surface area (Å²) < 4.78 is 4.83. The fraction of sp³-hybridized carbons (Fsp3) is 0.667. The second kappa shape index (κ2) is 28.0. The third kappa shape index (κ3) is 38.3. The van der Waals surface area contributed by atoms with E-state index in [9.17, 15) is 0 Å². The molecule has 0 radical (unpaired) electrons. The smallest absolute Gasteiger partial charge is 0.0967 e. The second-order valence-corrected chi connectivity index (χ2v) is 5.05. The Morgan fingerprint density at radius 1 is 0.810 bits per heavy atom. The molecule has 0 heterocycles. The van der Waals surface area contributed by atoms with Crippen molar-refractivity contribution in [3.8, 4) is 0 Å². The van der Waals surface area contributed by atoms with Gasteiger partial charge in [-0.05, 0) is 20.8 Å². The van der Waals surface area contributed by atoms with Crippen LogP contribution in [0.4, 0.5) is 0 Å². The normalized spacial score (nSPS) is 8.33. The largest absolute Gasteiger partial charge is 0.382 e. The Balaban J connectivity index is -0.000000215. The van der Waals surface area contributed by atoms with Gasteiger partial charge in [0, 0.05) is 13.2 Å². The number of ether oxygens (including phenoxy) is 1. The van der Waals surface area contributed by atoms with Gasteiger partial charge in [0.15, 0.2) is 0 Å². The van der Waals surface area contributed by atoms with Crippen molar-refractivity contribution in [1.82, 2.24) is 0 Å². The van der Waals surface area contributed by atoms with Gasteiger partial charge in [-0.3, -0.25) is 0 Å². The van der Waals surface area contributed by atoms with E-state index in [1.165, 1.54) is 31.2 Å². The first-order chi connectivity index (χ1) is 10.1. The summed E-state index contributed by atoms with van der Waals surface area (Å²) in [5, 5.41) is 0.194. The van der Waals surface area contributed by atoms with Crippen LogP contribution in [0.25, 0.3) is 0 Å². The van der Waals surface area contributed by atoms with Crippen LogP contribution in [0, 0.1) is 6.92 Å². The fourth-order valence-corrected chi connectivity index (χ4v) is 1.24. The van der Waals surface area contributed by atoms with Crippen LogP contribution in [0.15, 0.2) is 30.3 Å². The van der Waals surface area contributed by atoms with Gasteiger partial charge in [0.2, 0.25) is 0 Å². The van der Waals surface area contributed by atoms with Gasteiger partial charge in [-0.25, -0.2) is 0 Å². The number of halogens is 2. The summed E-state index contributed by atoms with van der Waals surface area (Å²) in [6, 6.07) is 10.3. The van der Waals surface area contributed by atoms with Crippen molar-refractivity contribution >= 4 is 23.2 Å². The van der Waals surface area contributed by atoms with Crippen molar-refractivity contribution in [2.24, 2.45) is 0 Å². The molecule has 3 heteroatoms. The molecule has 0 saturated heterocycles. The zero-order chi connectivity index (χ0) is 16.8. The lowest BCUT2D eigenvalue weighted by molar-refractivity contribution is 0.162. The van der Waals surface area contributed by atoms with Crippen LogP contribution >= 0.6 is 23.2 Å². The first kappa shape index (κ1) is 25.7. The molecule has 0 bridgehead atoms. The maximum absolute atomic E-state index is 4.83. The first-order valence-electron chi connectivity index (χ1n) is 7.85. The average Bonchev–Trinajstić information content (AvgIpc) is 2.49. The van der Waals surface area contributed by atoms with Crippen LogP contribution in [0.2, 0.25) is 0 Å². The first-order valence-corrected chi connectivity index (χ1v) is 8.92. The minimum atomic E-state index is 0.194. The maximum Gasteiger partial charge on any atom is 0.0967 e. The van der Waals surface area contributed by atoms with E-state index < -0.39 is 0 Å². The average molecular weight is 337 g/mol. The third-order valence-corrected chi connectivity index (χ3v) is 2.31. The highest BCUT2D eigenvalue weighted by Gasteiger charge is 1.75. The Morgan fingerprint density at radius 2 is 1.19 bits per heavy atom. The molecule has 0 spiro atoms. The van der Waals surface area contributed by atoms with Crippen molar-refractivity contribution in [3.63, 3.8) is 0 Å². The lowest BCUT2D eigenvalue weighted by Crippen LogP contribution is -1.84. The number of aryl methyl sites for hydroxylation is 1. The molecule has 0 atom stereocenters. The molecule has 0 saturated carbocycles. The van der Waals surface area contributed by atoms with Gasteiger partial charge in [-0.1, -0.05) is 75.4 Å². The molecule has 0 fully saturated rings. The van der Waals surface area contributed by atoms with Crippen LogP contribution in [0.3, 0.4) is 0 Å². The van der Waals surface area contributed by atoms with Crippen LogP contribution in [0.1, 0.15) is 58.9 Å². The molecule has 126 valence electrons. The molecule has 1 rings (SSSR count).